The van der Waals surface area contributed by atoms with Crippen LogP contribution < -0.4 is 15.4 Å². The maximum atomic E-state index is 12.2. The van der Waals surface area contributed by atoms with Gasteiger partial charge in [0, 0.05) is 11.5 Å². The Balaban J connectivity index is 1.99. The van der Waals surface area contributed by atoms with Gasteiger partial charge < -0.3 is 15.4 Å². The van der Waals surface area contributed by atoms with Gasteiger partial charge in [-0.05, 0) is 32.0 Å². The SMILES string of the molecule is COc1ccccc1C(C)NC(=O)C(C)C1CNC1. The molecule has 0 aliphatic carbocycles. The molecule has 0 aromatic heterocycles. The van der Waals surface area contributed by atoms with Crippen LogP contribution in [-0.2, 0) is 4.79 Å². The summed E-state index contributed by atoms with van der Waals surface area (Å²) in [6.07, 6.45) is 0. The average Bonchev–Trinajstić information content (AvgIpc) is 2.36. The first-order chi connectivity index (χ1) is 9.13. The summed E-state index contributed by atoms with van der Waals surface area (Å²) in [5.74, 6) is 1.45. The minimum absolute atomic E-state index is 0.0425. The highest BCUT2D eigenvalue weighted by Crippen LogP contribution is 2.25. The Labute approximate surface area is 114 Å². The molecule has 4 heteroatoms. The highest BCUT2D eigenvalue weighted by Gasteiger charge is 2.29. The van der Waals surface area contributed by atoms with E-state index in [0.717, 1.165) is 24.4 Å². The molecule has 0 saturated carbocycles. The van der Waals surface area contributed by atoms with Crippen molar-refractivity contribution in [1.82, 2.24) is 10.6 Å². The number of hydrogen-bond acceptors (Lipinski definition) is 3. The fourth-order valence-corrected chi connectivity index (χ4v) is 2.33. The van der Waals surface area contributed by atoms with Crippen LogP contribution in [0.4, 0.5) is 0 Å². The minimum Gasteiger partial charge on any atom is -0.496 e. The lowest BCUT2D eigenvalue weighted by Gasteiger charge is -2.32. The Kier molecular flexibility index (Phi) is 4.43. The zero-order valence-corrected chi connectivity index (χ0v) is 11.8. The molecule has 0 bridgehead atoms. The molecule has 2 N–H and O–H groups in total. The Bertz CT molecular complexity index is 444. The molecular formula is C15H22N2O2. The van der Waals surface area contributed by atoms with Gasteiger partial charge in [0.05, 0.1) is 13.2 Å². The molecule has 1 heterocycles. The van der Waals surface area contributed by atoms with E-state index in [2.05, 4.69) is 10.6 Å². The highest BCUT2D eigenvalue weighted by atomic mass is 16.5. The lowest BCUT2D eigenvalue weighted by molar-refractivity contribution is -0.127. The monoisotopic (exact) mass is 262 g/mol. The minimum atomic E-state index is -0.0425. The van der Waals surface area contributed by atoms with E-state index < -0.39 is 0 Å². The smallest absolute Gasteiger partial charge is 0.223 e. The number of amides is 1. The molecule has 104 valence electrons. The van der Waals surface area contributed by atoms with E-state index in [1.165, 1.54) is 0 Å². The van der Waals surface area contributed by atoms with Crippen molar-refractivity contribution in [3.8, 4) is 5.75 Å². The van der Waals surface area contributed by atoms with Crippen LogP contribution in [0, 0.1) is 11.8 Å². The van der Waals surface area contributed by atoms with Crippen LogP contribution in [0.1, 0.15) is 25.5 Å². The standard InChI is InChI=1S/C15H22N2O2/c1-10(12-8-16-9-12)15(18)17-11(2)13-6-4-5-7-14(13)19-3/h4-7,10-12,16H,8-9H2,1-3H3,(H,17,18). The van der Waals surface area contributed by atoms with Crippen LogP contribution in [0.3, 0.4) is 0 Å². The van der Waals surface area contributed by atoms with Crippen molar-refractivity contribution < 1.29 is 9.53 Å². The van der Waals surface area contributed by atoms with Crippen molar-refractivity contribution in [1.29, 1.82) is 0 Å². The van der Waals surface area contributed by atoms with Gasteiger partial charge in [0.25, 0.3) is 0 Å². The summed E-state index contributed by atoms with van der Waals surface area (Å²) in [6, 6.07) is 7.75. The molecular weight excluding hydrogens is 240 g/mol. The third kappa shape index (κ3) is 3.07. The third-order valence-electron chi connectivity index (χ3n) is 3.90. The van der Waals surface area contributed by atoms with E-state index >= 15 is 0 Å². The van der Waals surface area contributed by atoms with Gasteiger partial charge >= 0.3 is 0 Å². The normalized spacial score (nSPS) is 18.3. The molecule has 1 amide bonds. The molecule has 4 nitrogen and oxygen atoms in total. The van der Waals surface area contributed by atoms with E-state index in [9.17, 15) is 4.79 Å². The van der Waals surface area contributed by atoms with Crippen molar-refractivity contribution in [2.24, 2.45) is 11.8 Å². The molecule has 1 saturated heterocycles. The van der Waals surface area contributed by atoms with Crippen molar-refractivity contribution in [3.63, 3.8) is 0 Å². The Morgan fingerprint density at radius 1 is 1.37 bits per heavy atom. The Morgan fingerprint density at radius 2 is 2.05 bits per heavy atom. The van der Waals surface area contributed by atoms with Crippen LogP contribution in [-0.4, -0.2) is 26.1 Å². The van der Waals surface area contributed by atoms with Gasteiger partial charge in [-0.25, -0.2) is 0 Å². The molecule has 19 heavy (non-hydrogen) atoms. The number of hydrogen-bond donors (Lipinski definition) is 2. The summed E-state index contributed by atoms with van der Waals surface area (Å²) in [6.45, 7) is 5.87. The van der Waals surface area contributed by atoms with E-state index in [1.807, 2.05) is 38.1 Å². The molecule has 1 aromatic carbocycles. The summed E-state index contributed by atoms with van der Waals surface area (Å²) in [5, 5.41) is 6.27. The predicted octanol–water partition coefficient (Wildman–Crippen LogP) is 1.73. The first-order valence-corrected chi connectivity index (χ1v) is 6.77. The summed E-state index contributed by atoms with van der Waals surface area (Å²) < 4.78 is 5.33. The summed E-state index contributed by atoms with van der Waals surface area (Å²) >= 11 is 0. The lowest BCUT2D eigenvalue weighted by Crippen LogP contribution is -2.49. The van der Waals surface area contributed by atoms with Crippen molar-refractivity contribution in [3.05, 3.63) is 29.8 Å². The fourth-order valence-electron chi connectivity index (χ4n) is 2.33. The van der Waals surface area contributed by atoms with Gasteiger partial charge in [0.2, 0.25) is 5.91 Å². The molecule has 2 rings (SSSR count). The summed E-state index contributed by atoms with van der Waals surface area (Å²) in [4.78, 5) is 12.2. The van der Waals surface area contributed by atoms with Crippen LogP contribution in [0.2, 0.25) is 0 Å². The van der Waals surface area contributed by atoms with Gasteiger partial charge in [-0.2, -0.15) is 0 Å². The zero-order valence-electron chi connectivity index (χ0n) is 11.8. The number of carbonyl (C=O) groups is 1. The quantitative estimate of drug-likeness (QED) is 0.849. The second-order valence-corrected chi connectivity index (χ2v) is 5.18. The largest absolute Gasteiger partial charge is 0.496 e. The van der Waals surface area contributed by atoms with Gasteiger partial charge in [-0.3, -0.25) is 4.79 Å². The number of rotatable bonds is 5. The number of para-hydroxylation sites is 1. The second kappa shape index (κ2) is 6.06. The molecule has 1 fully saturated rings. The van der Waals surface area contributed by atoms with Gasteiger partial charge in [-0.1, -0.05) is 25.1 Å². The number of benzene rings is 1. The van der Waals surface area contributed by atoms with Crippen LogP contribution in [0.25, 0.3) is 0 Å². The molecule has 1 aromatic rings. The number of nitrogens with one attached hydrogen (secondary N) is 2. The summed E-state index contributed by atoms with van der Waals surface area (Å²) in [7, 11) is 1.65. The molecule has 2 unspecified atom stereocenters. The van der Waals surface area contributed by atoms with Gasteiger partial charge in [-0.15, -0.1) is 0 Å². The lowest BCUT2D eigenvalue weighted by atomic mass is 9.88. The number of carbonyl (C=O) groups excluding carboxylic acids is 1. The van der Waals surface area contributed by atoms with E-state index in [1.54, 1.807) is 7.11 Å². The predicted molar refractivity (Wildman–Crippen MR) is 75.1 cm³/mol. The summed E-state index contributed by atoms with van der Waals surface area (Å²) in [5.41, 5.74) is 1.01. The first-order valence-electron chi connectivity index (χ1n) is 6.77. The number of ether oxygens (including phenoxy) is 1. The molecule has 2 atom stereocenters. The Hall–Kier alpha value is -1.55. The topological polar surface area (TPSA) is 50.4 Å². The third-order valence-corrected chi connectivity index (χ3v) is 3.90. The van der Waals surface area contributed by atoms with Crippen molar-refractivity contribution in [2.45, 2.75) is 19.9 Å². The maximum absolute atomic E-state index is 12.2. The van der Waals surface area contributed by atoms with E-state index in [4.69, 9.17) is 4.74 Å². The highest BCUT2D eigenvalue weighted by molar-refractivity contribution is 5.79. The molecule has 0 radical (unpaired) electrons. The van der Waals surface area contributed by atoms with Gasteiger partial charge in [0.15, 0.2) is 0 Å². The molecule has 1 aliphatic heterocycles. The Morgan fingerprint density at radius 3 is 2.63 bits per heavy atom. The van der Waals surface area contributed by atoms with Crippen molar-refractivity contribution in [2.75, 3.05) is 20.2 Å². The van der Waals surface area contributed by atoms with Crippen molar-refractivity contribution >= 4 is 5.91 Å². The van der Waals surface area contributed by atoms with Gasteiger partial charge in [0.1, 0.15) is 5.75 Å². The average molecular weight is 262 g/mol. The molecule has 0 spiro atoms. The number of methoxy groups -OCH3 is 1. The maximum Gasteiger partial charge on any atom is 0.223 e. The second-order valence-electron chi connectivity index (χ2n) is 5.18. The van der Waals surface area contributed by atoms with Crippen LogP contribution in [0.15, 0.2) is 24.3 Å². The van der Waals surface area contributed by atoms with Crippen LogP contribution in [0.5, 0.6) is 5.75 Å². The van der Waals surface area contributed by atoms with E-state index in [-0.39, 0.29) is 17.9 Å². The van der Waals surface area contributed by atoms with Crippen LogP contribution >= 0.6 is 0 Å². The fraction of sp³-hybridized carbons (Fsp3) is 0.533. The molecule has 1 aliphatic rings. The zero-order chi connectivity index (χ0) is 13.8. The van der Waals surface area contributed by atoms with E-state index in [0.29, 0.717) is 5.92 Å². The first kappa shape index (κ1) is 13.9.